The molecule has 0 aliphatic heterocycles. The Hall–Kier alpha value is -3.08. The summed E-state index contributed by atoms with van der Waals surface area (Å²) >= 11 is 0. The summed E-state index contributed by atoms with van der Waals surface area (Å²) < 4.78 is 11.0. The number of benzene rings is 2. The van der Waals surface area contributed by atoms with Gasteiger partial charge in [0.05, 0.1) is 13.7 Å². The number of rotatable bonds is 7. The highest BCUT2D eigenvalue weighted by Crippen LogP contribution is 2.33. The lowest BCUT2D eigenvalue weighted by molar-refractivity contribution is -0.114. The van der Waals surface area contributed by atoms with Crippen LogP contribution in [0.4, 0.5) is 5.69 Å². The second-order valence-corrected chi connectivity index (χ2v) is 5.73. The lowest BCUT2D eigenvalue weighted by atomic mass is 9.96. The fourth-order valence-electron chi connectivity index (χ4n) is 2.59. The molecule has 136 valence electrons. The second-order valence-electron chi connectivity index (χ2n) is 5.73. The fraction of sp³-hybridized carbons (Fsp3) is 0.238. The third kappa shape index (κ3) is 4.96. The summed E-state index contributed by atoms with van der Waals surface area (Å²) in [5, 5.41) is 2.73. The number of nitrogens with one attached hydrogen (secondary N) is 1. The first kappa shape index (κ1) is 19.2. The van der Waals surface area contributed by atoms with Gasteiger partial charge < -0.3 is 14.8 Å². The van der Waals surface area contributed by atoms with E-state index in [9.17, 15) is 9.59 Å². The molecule has 2 rings (SSSR count). The number of methoxy groups -OCH3 is 1. The number of amides is 1. The number of allylic oxidation sites excluding steroid dienone is 1. The highest BCUT2D eigenvalue weighted by atomic mass is 16.5. The smallest absolute Gasteiger partial charge is 0.221 e. The number of ether oxygens (including phenoxy) is 2. The van der Waals surface area contributed by atoms with E-state index in [2.05, 4.69) is 5.32 Å². The van der Waals surface area contributed by atoms with E-state index in [0.29, 0.717) is 23.8 Å². The minimum absolute atomic E-state index is 0.0558. The van der Waals surface area contributed by atoms with Crippen molar-refractivity contribution in [2.75, 3.05) is 19.0 Å². The number of hydrogen-bond donors (Lipinski definition) is 1. The Morgan fingerprint density at radius 3 is 2.19 bits per heavy atom. The lowest BCUT2D eigenvalue weighted by Crippen LogP contribution is -2.05. The van der Waals surface area contributed by atoms with E-state index >= 15 is 0 Å². The van der Waals surface area contributed by atoms with Gasteiger partial charge in [-0.1, -0.05) is 18.2 Å². The van der Waals surface area contributed by atoms with E-state index < -0.39 is 0 Å². The molecule has 0 saturated heterocycles. The van der Waals surface area contributed by atoms with Gasteiger partial charge in [-0.2, -0.15) is 0 Å². The Morgan fingerprint density at radius 1 is 1.00 bits per heavy atom. The maximum atomic E-state index is 11.8. The van der Waals surface area contributed by atoms with E-state index in [1.54, 1.807) is 25.3 Å². The zero-order chi connectivity index (χ0) is 19.1. The standard InChI is InChI=1S/C21H23NO4/c1-5-26-21-13-17(8-11-20(21)25-4)19(12-14(2)23)16-6-9-18(10-7-16)22-15(3)24/h6-13H,5H2,1-4H3,(H,22,24)/b19-12-. The van der Waals surface area contributed by atoms with Gasteiger partial charge in [0, 0.05) is 12.6 Å². The van der Waals surface area contributed by atoms with Crippen molar-refractivity contribution >= 4 is 23.0 Å². The van der Waals surface area contributed by atoms with Crippen molar-refractivity contribution in [1.82, 2.24) is 0 Å². The third-order valence-electron chi connectivity index (χ3n) is 3.64. The molecule has 5 nitrogen and oxygen atoms in total. The molecule has 0 aliphatic rings. The predicted octanol–water partition coefficient (Wildman–Crippen LogP) is 4.07. The first-order chi connectivity index (χ1) is 12.4. The molecule has 0 saturated carbocycles. The molecule has 0 aliphatic carbocycles. The number of anilines is 1. The van der Waals surface area contributed by atoms with Crippen LogP contribution in [0.1, 0.15) is 31.9 Å². The maximum Gasteiger partial charge on any atom is 0.221 e. The van der Waals surface area contributed by atoms with Crippen LogP contribution in [0.3, 0.4) is 0 Å². The average Bonchev–Trinajstić information content (AvgIpc) is 2.60. The minimum atomic E-state index is -0.131. The van der Waals surface area contributed by atoms with Crippen molar-refractivity contribution in [3.8, 4) is 11.5 Å². The van der Waals surface area contributed by atoms with Crippen LogP contribution < -0.4 is 14.8 Å². The van der Waals surface area contributed by atoms with Gasteiger partial charge in [-0.25, -0.2) is 0 Å². The van der Waals surface area contributed by atoms with Crippen LogP contribution in [0, 0.1) is 0 Å². The van der Waals surface area contributed by atoms with Gasteiger partial charge in [-0.05, 0) is 60.9 Å². The molecule has 0 unspecified atom stereocenters. The Kier molecular flexibility index (Phi) is 6.55. The molecule has 1 amide bonds. The van der Waals surface area contributed by atoms with Crippen molar-refractivity contribution in [2.24, 2.45) is 0 Å². The van der Waals surface area contributed by atoms with E-state index in [4.69, 9.17) is 9.47 Å². The van der Waals surface area contributed by atoms with E-state index in [1.165, 1.54) is 13.8 Å². The van der Waals surface area contributed by atoms with Crippen LogP contribution in [0.5, 0.6) is 11.5 Å². The minimum Gasteiger partial charge on any atom is -0.493 e. The summed E-state index contributed by atoms with van der Waals surface area (Å²) in [4.78, 5) is 22.9. The van der Waals surface area contributed by atoms with Crippen LogP contribution >= 0.6 is 0 Å². The highest BCUT2D eigenvalue weighted by Gasteiger charge is 2.11. The van der Waals surface area contributed by atoms with E-state index in [0.717, 1.165) is 16.7 Å². The Labute approximate surface area is 153 Å². The van der Waals surface area contributed by atoms with Crippen LogP contribution in [0.15, 0.2) is 48.5 Å². The van der Waals surface area contributed by atoms with E-state index in [-0.39, 0.29) is 11.7 Å². The molecule has 0 fully saturated rings. The highest BCUT2D eigenvalue weighted by molar-refractivity contribution is 5.99. The molecule has 0 radical (unpaired) electrons. The van der Waals surface area contributed by atoms with Gasteiger partial charge >= 0.3 is 0 Å². The first-order valence-electron chi connectivity index (χ1n) is 8.36. The summed E-state index contributed by atoms with van der Waals surface area (Å²) in [6.45, 7) is 5.39. The Balaban J connectivity index is 2.47. The SMILES string of the molecule is CCOc1cc(/C(=C\C(C)=O)c2ccc(NC(C)=O)cc2)ccc1OC. The molecule has 0 spiro atoms. The predicted molar refractivity (Wildman–Crippen MR) is 103 cm³/mol. The molecule has 26 heavy (non-hydrogen) atoms. The van der Waals surface area contributed by atoms with Gasteiger partial charge in [0.15, 0.2) is 17.3 Å². The lowest BCUT2D eigenvalue weighted by Gasteiger charge is -2.14. The molecule has 0 aromatic heterocycles. The topological polar surface area (TPSA) is 64.6 Å². The molecule has 0 atom stereocenters. The van der Waals surface area contributed by atoms with Crippen LogP contribution in [-0.4, -0.2) is 25.4 Å². The maximum absolute atomic E-state index is 11.8. The average molecular weight is 353 g/mol. The van der Waals surface area contributed by atoms with Gasteiger partial charge in [0.25, 0.3) is 0 Å². The molecule has 2 aromatic carbocycles. The molecule has 0 bridgehead atoms. The van der Waals surface area contributed by atoms with Crippen molar-refractivity contribution in [2.45, 2.75) is 20.8 Å². The molecular formula is C21H23NO4. The Morgan fingerprint density at radius 2 is 1.65 bits per heavy atom. The molecular weight excluding hydrogens is 330 g/mol. The number of ketones is 1. The van der Waals surface area contributed by atoms with Crippen molar-refractivity contribution in [3.05, 3.63) is 59.7 Å². The largest absolute Gasteiger partial charge is 0.493 e. The normalized spacial score (nSPS) is 11.0. The Bertz CT molecular complexity index is 822. The number of hydrogen-bond acceptors (Lipinski definition) is 4. The third-order valence-corrected chi connectivity index (χ3v) is 3.64. The number of carbonyl (C=O) groups is 2. The van der Waals surface area contributed by atoms with Gasteiger partial charge in [0.2, 0.25) is 5.91 Å². The first-order valence-corrected chi connectivity index (χ1v) is 8.36. The molecule has 1 N–H and O–H groups in total. The number of carbonyl (C=O) groups excluding carboxylic acids is 2. The van der Waals surface area contributed by atoms with Crippen LogP contribution in [0.25, 0.3) is 5.57 Å². The summed E-state index contributed by atoms with van der Waals surface area (Å²) in [5.41, 5.74) is 3.18. The molecule has 0 heterocycles. The second kappa shape index (κ2) is 8.85. The van der Waals surface area contributed by atoms with Crippen LogP contribution in [-0.2, 0) is 9.59 Å². The van der Waals surface area contributed by atoms with Crippen molar-refractivity contribution in [3.63, 3.8) is 0 Å². The monoisotopic (exact) mass is 353 g/mol. The van der Waals surface area contributed by atoms with Crippen molar-refractivity contribution < 1.29 is 19.1 Å². The van der Waals surface area contributed by atoms with Crippen molar-refractivity contribution in [1.29, 1.82) is 0 Å². The van der Waals surface area contributed by atoms with Gasteiger partial charge in [-0.15, -0.1) is 0 Å². The zero-order valence-corrected chi connectivity index (χ0v) is 15.5. The summed E-state index contributed by atoms with van der Waals surface area (Å²) in [6, 6.07) is 12.9. The van der Waals surface area contributed by atoms with E-state index in [1.807, 2.05) is 37.3 Å². The summed E-state index contributed by atoms with van der Waals surface area (Å²) in [7, 11) is 1.59. The van der Waals surface area contributed by atoms with Crippen LogP contribution in [0.2, 0.25) is 0 Å². The fourth-order valence-corrected chi connectivity index (χ4v) is 2.59. The quantitative estimate of drug-likeness (QED) is 0.762. The summed E-state index contributed by atoms with van der Waals surface area (Å²) in [5.74, 6) is 1.07. The molecule has 2 aromatic rings. The van der Waals surface area contributed by atoms with Gasteiger partial charge in [-0.3, -0.25) is 9.59 Å². The molecule has 5 heteroatoms. The summed E-state index contributed by atoms with van der Waals surface area (Å²) in [6.07, 6.45) is 1.59. The zero-order valence-electron chi connectivity index (χ0n) is 15.5. The van der Waals surface area contributed by atoms with Gasteiger partial charge in [0.1, 0.15) is 0 Å².